The molecule has 1 amide bonds. The van der Waals surface area contributed by atoms with Crippen molar-refractivity contribution >= 4 is 44.8 Å². The van der Waals surface area contributed by atoms with E-state index in [-0.39, 0.29) is 23.8 Å². The van der Waals surface area contributed by atoms with E-state index in [0.717, 1.165) is 16.1 Å². The predicted molar refractivity (Wildman–Crippen MR) is 96.9 cm³/mol. The summed E-state index contributed by atoms with van der Waals surface area (Å²) in [6, 6.07) is 13.5. The van der Waals surface area contributed by atoms with Crippen LogP contribution >= 0.6 is 23.2 Å². The van der Waals surface area contributed by atoms with Gasteiger partial charge in [0.05, 0.1) is 17.0 Å². The third-order valence-electron chi connectivity index (χ3n) is 3.24. The Hall–Kier alpha value is -1.76. The first-order valence-electron chi connectivity index (χ1n) is 7.01. The number of para-hydroxylation sites is 1. The van der Waals surface area contributed by atoms with E-state index in [1.165, 1.54) is 0 Å². The molecule has 1 N–H and O–H groups in total. The predicted octanol–water partition coefficient (Wildman–Crippen LogP) is 3.08. The van der Waals surface area contributed by atoms with E-state index < -0.39 is 15.9 Å². The lowest BCUT2D eigenvalue weighted by molar-refractivity contribution is -0.119. The lowest BCUT2D eigenvalue weighted by atomic mass is 10.2. The van der Waals surface area contributed by atoms with E-state index in [4.69, 9.17) is 23.2 Å². The van der Waals surface area contributed by atoms with Crippen molar-refractivity contribution in [1.29, 1.82) is 0 Å². The van der Waals surface area contributed by atoms with Gasteiger partial charge in [-0.05, 0) is 23.8 Å². The summed E-state index contributed by atoms with van der Waals surface area (Å²) in [5.74, 6) is -0.458. The third kappa shape index (κ3) is 4.87. The van der Waals surface area contributed by atoms with Crippen LogP contribution in [-0.2, 0) is 21.4 Å². The second-order valence-corrected chi connectivity index (χ2v) is 7.81. The summed E-state index contributed by atoms with van der Waals surface area (Å²) in [6.07, 6.45) is 1.03. The molecule has 8 heteroatoms. The normalized spacial score (nSPS) is 11.1. The van der Waals surface area contributed by atoms with Crippen LogP contribution in [0.3, 0.4) is 0 Å². The standard InChI is InChI=1S/C16H16Cl2N2O3S/c1-24(22,23)20(15-9-5-4-8-14(15)18)11-16(21)19-10-12-6-2-3-7-13(12)17/h2-9H,10-11H2,1H3,(H,19,21). The number of hydrogen-bond donors (Lipinski definition) is 1. The highest BCUT2D eigenvalue weighted by molar-refractivity contribution is 7.92. The van der Waals surface area contributed by atoms with Crippen LogP contribution in [0.4, 0.5) is 5.69 Å². The highest BCUT2D eigenvalue weighted by atomic mass is 35.5. The number of carbonyl (C=O) groups is 1. The topological polar surface area (TPSA) is 66.5 Å². The van der Waals surface area contributed by atoms with Crippen molar-refractivity contribution in [1.82, 2.24) is 5.32 Å². The molecule has 2 aromatic rings. The minimum absolute atomic E-state index is 0.207. The lowest BCUT2D eigenvalue weighted by Crippen LogP contribution is -2.40. The minimum atomic E-state index is -3.66. The number of amides is 1. The van der Waals surface area contributed by atoms with Crippen LogP contribution in [-0.4, -0.2) is 27.1 Å². The number of carbonyl (C=O) groups excluding carboxylic acids is 1. The Morgan fingerprint density at radius 3 is 2.21 bits per heavy atom. The van der Waals surface area contributed by atoms with Gasteiger partial charge in [0.15, 0.2) is 0 Å². The monoisotopic (exact) mass is 386 g/mol. The van der Waals surface area contributed by atoms with E-state index in [0.29, 0.717) is 5.02 Å². The molecule has 0 radical (unpaired) electrons. The van der Waals surface area contributed by atoms with Gasteiger partial charge in [-0.3, -0.25) is 9.10 Å². The Morgan fingerprint density at radius 2 is 1.62 bits per heavy atom. The van der Waals surface area contributed by atoms with Crippen LogP contribution < -0.4 is 9.62 Å². The SMILES string of the molecule is CS(=O)(=O)N(CC(=O)NCc1ccccc1Cl)c1ccccc1Cl. The van der Waals surface area contributed by atoms with Crippen LogP contribution in [0.1, 0.15) is 5.56 Å². The highest BCUT2D eigenvalue weighted by Gasteiger charge is 2.22. The molecule has 5 nitrogen and oxygen atoms in total. The Morgan fingerprint density at radius 1 is 1.04 bits per heavy atom. The van der Waals surface area contributed by atoms with Crippen molar-refractivity contribution in [2.75, 3.05) is 17.1 Å². The van der Waals surface area contributed by atoms with Crippen molar-refractivity contribution in [3.63, 3.8) is 0 Å². The maximum absolute atomic E-state index is 12.2. The van der Waals surface area contributed by atoms with Gasteiger partial charge in [0, 0.05) is 11.6 Å². The zero-order chi connectivity index (χ0) is 17.7. The Bertz CT molecular complexity index is 841. The Balaban J connectivity index is 2.12. The maximum atomic E-state index is 12.2. The molecule has 0 saturated carbocycles. The molecule has 0 aliphatic heterocycles. The summed E-state index contributed by atoms with van der Waals surface area (Å²) in [6.45, 7) is -0.161. The van der Waals surface area contributed by atoms with E-state index in [2.05, 4.69) is 5.32 Å². The molecule has 0 spiro atoms. The minimum Gasteiger partial charge on any atom is -0.350 e. The first-order valence-corrected chi connectivity index (χ1v) is 9.62. The molecule has 128 valence electrons. The molecule has 0 atom stereocenters. The van der Waals surface area contributed by atoms with Crippen molar-refractivity contribution in [3.8, 4) is 0 Å². The number of sulfonamides is 1. The Labute approximate surface area is 151 Å². The first-order chi connectivity index (χ1) is 11.3. The molecule has 0 unspecified atom stereocenters. The number of nitrogens with zero attached hydrogens (tertiary/aromatic N) is 1. The maximum Gasteiger partial charge on any atom is 0.241 e. The average molecular weight is 387 g/mol. The zero-order valence-corrected chi connectivity index (χ0v) is 15.2. The summed E-state index contributed by atoms with van der Waals surface area (Å²) in [5.41, 5.74) is 1.01. The first kappa shape index (κ1) is 18.6. The largest absolute Gasteiger partial charge is 0.350 e. The molecule has 2 rings (SSSR count). The van der Waals surface area contributed by atoms with Crippen LogP contribution in [0.5, 0.6) is 0 Å². The molecule has 0 aromatic heterocycles. The molecule has 24 heavy (non-hydrogen) atoms. The van der Waals surface area contributed by atoms with Gasteiger partial charge in [0.2, 0.25) is 15.9 Å². The molecule has 0 saturated heterocycles. The fourth-order valence-electron chi connectivity index (χ4n) is 2.06. The van der Waals surface area contributed by atoms with Gasteiger partial charge in [-0.15, -0.1) is 0 Å². The quantitative estimate of drug-likeness (QED) is 0.829. The number of benzene rings is 2. The molecule has 0 bridgehead atoms. The Kier molecular flexibility index (Phi) is 6.10. The molecule has 2 aromatic carbocycles. The average Bonchev–Trinajstić information content (AvgIpc) is 2.52. The molecular weight excluding hydrogens is 371 g/mol. The number of rotatable bonds is 6. The molecular formula is C16H16Cl2N2O3S. The van der Waals surface area contributed by atoms with Gasteiger partial charge in [-0.1, -0.05) is 53.5 Å². The smallest absolute Gasteiger partial charge is 0.241 e. The van der Waals surface area contributed by atoms with Crippen molar-refractivity contribution in [3.05, 3.63) is 64.1 Å². The van der Waals surface area contributed by atoms with Crippen molar-refractivity contribution in [2.24, 2.45) is 0 Å². The van der Waals surface area contributed by atoms with E-state index in [1.54, 1.807) is 48.5 Å². The van der Waals surface area contributed by atoms with Gasteiger partial charge in [-0.2, -0.15) is 0 Å². The molecule has 0 fully saturated rings. The van der Waals surface area contributed by atoms with E-state index in [9.17, 15) is 13.2 Å². The number of hydrogen-bond acceptors (Lipinski definition) is 3. The van der Waals surface area contributed by atoms with E-state index in [1.807, 2.05) is 0 Å². The van der Waals surface area contributed by atoms with Gasteiger partial charge in [0.25, 0.3) is 0 Å². The fourth-order valence-corrected chi connectivity index (χ4v) is 3.42. The highest BCUT2D eigenvalue weighted by Crippen LogP contribution is 2.26. The molecule has 0 aliphatic rings. The number of nitrogens with one attached hydrogen (secondary N) is 1. The molecule has 0 aliphatic carbocycles. The summed E-state index contributed by atoms with van der Waals surface area (Å²) in [4.78, 5) is 12.2. The van der Waals surface area contributed by atoms with Crippen LogP contribution in [0.15, 0.2) is 48.5 Å². The van der Waals surface area contributed by atoms with Gasteiger partial charge in [0.1, 0.15) is 6.54 Å². The lowest BCUT2D eigenvalue weighted by Gasteiger charge is -2.22. The second kappa shape index (κ2) is 7.88. The summed E-state index contributed by atoms with van der Waals surface area (Å²) in [5, 5.41) is 3.44. The summed E-state index contributed by atoms with van der Waals surface area (Å²) in [7, 11) is -3.66. The van der Waals surface area contributed by atoms with Crippen LogP contribution in [0.2, 0.25) is 10.0 Å². The van der Waals surface area contributed by atoms with Gasteiger partial charge in [-0.25, -0.2) is 8.42 Å². The molecule has 0 heterocycles. The van der Waals surface area contributed by atoms with Gasteiger partial charge >= 0.3 is 0 Å². The number of anilines is 1. The van der Waals surface area contributed by atoms with Crippen LogP contribution in [0, 0.1) is 0 Å². The fraction of sp³-hybridized carbons (Fsp3) is 0.188. The van der Waals surface area contributed by atoms with Gasteiger partial charge < -0.3 is 5.32 Å². The summed E-state index contributed by atoms with van der Waals surface area (Å²) < 4.78 is 25.0. The van der Waals surface area contributed by atoms with E-state index >= 15 is 0 Å². The van der Waals surface area contributed by atoms with Crippen molar-refractivity contribution < 1.29 is 13.2 Å². The van der Waals surface area contributed by atoms with Crippen LogP contribution in [0.25, 0.3) is 0 Å². The third-order valence-corrected chi connectivity index (χ3v) is 5.06. The summed E-state index contributed by atoms with van der Waals surface area (Å²) >= 11 is 12.1. The second-order valence-electron chi connectivity index (χ2n) is 5.09. The van der Waals surface area contributed by atoms with Crippen molar-refractivity contribution in [2.45, 2.75) is 6.54 Å². The zero-order valence-electron chi connectivity index (χ0n) is 12.9. The number of halogens is 2.